The van der Waals surface area contributed by atoms with Gasteiger partial charge in [-0.3, -0.25) is 23.4 Å². The number of phosphoric acid groups is 2. The van der Waals surface area contributed by atoms with Gasteiger partial charge < -0.3 is 14.5 Å². The molecule has 3 N–H and O–H groups in total. The third-order valence-electron chi connectivity index (χ3n) is 3.50. The van der Waals surface area contributed by atoms with Gasteiger partial charge in [-0.25, -0.2) is 13.9 Å². The van der Waals surface area contributed by atoms with E-state index in [9.17, 15) is 18.7 Å². The van der Waals surface area contributed by atoms with Crippen molar-refractivity contribution < 1.29 is 42.1 Å². The molecule has 0 aliphatic carbocycles. The summed E-state index contributed by atoms with van der Waals surface area (Å²) in [7, 11) is -8.47. The summed E-state index contributed by atoms with van der Waals surface area (Å²) in [6.45, 7) is 1.05. The largest absolute Gasteiger partial charge is 0.530 e. The van der Waals surface area contributed by atoms with Gasteiger partial charge in [-0.05, 0) is 6.92 Å². The van der Waals surface area contributed by atoms with Gasteiger partial charge in [-0.2, -0.15) is 0 Å². The fourth-order valence-electron chi connectivity index (χ4n) is 2.34. The number of aromatic nitrogens is 2. The summed E-state index contributed by atoms with van der Waals surface area (Å²) in [5.74, 6) is 0. The minimum Gasteiger partial charge on any atom is -0.349 e. The molecule has 13 nitrogen and oxygen atoms in total. The molecule has 2 aliphatic rings. The Morgan fingerprint density at radius 3 is 2.72 bits per heavy atom. The minimum absolute atomic E-state index is 0.128. The van der Waals surface area contributed by atoms with E-state index in [4.69, 9.17) is 19.0 Å². The van der Waals surface area contributed by atoms with Crippen molar-refractivity contribution in [2.75, 3.05) is 6.61 Å². The average molecular weight is 400 g/mol. The molecule has 25 heavy (non-hydrogen) atoms. The highest BCUT2D eigenvalue weighted by Gasteiger charge is 2.49. The number of hydrogen-bond acceptors (Lipinski definition) is 9. The van der Waals surface area contributed by atoms with Crippen LogP contribution in [0.15, 0.2) is 15.8 Å². The molecular weight excluding hydrogens is 386 g/mol. The molecule has 0 amide bonds. The lowest BCUT2D eigenvalue weighted by Gasteiger charge is -2.18. The van der Waals surface area contributed by atoms with Gasteiger partial charge in [0.25, 0.3) is 5.56 Å². The maximum absolute atomic E-state index is 11.9. The van der Waals surface area contributed by atoms with Crippen LogP contribution in [-0.2, 0) is 32.3 Å². The van der Waals surface area contributed by atoms with Crippen LogP contribution in [0, 0.1) is 6.92 Å². The van der Waals surface area contributed by atoms with Crippen LogP contribution in [0.4, 0.5) is 0 Å². The SMILES string of the molecule is Cc1cn([C@H]2C[C@H](OP(=O)(O)O)[C@@H](COP3(=O)OO3)O2)c(=O)[nH]c1=O. The monoisotopic (exact) mass is 400 g/mol. The summed E-state index contributed by atoms with van der Waals surface area (Å²) < 4.78 is 46.8. The molecule has 0 spiro atoms. The van der Waals surface area contributed by atoms with Crippen molar-refractivity contribution in [3.63, 3.8) is 0 Å². The van der Waals surface area contributed by atoms with Crippen molar-refractivity contribution >= 4 is 15.6 Å². The summed E-state index contributed by atoms with van der Waals surface area (Å²) >= 11 is 0. The van der Waals surface area contributed by atoms with E-state index in [0.29, 0.717) is 0 Å². The van der Waals surface area contributed by atoms with Gasteiger partial charge in [-0.1, -0.05) is 0 Å². The molecule has 0 saturated carbocycles. The Balaban J connectivity index is 1.81. The molecule has 0 unspecified atom stereocenters. The van der Waals surface area contributed by atoms with Crippen LogP contribution in [0.5, 0.6) is 0 Å². The van der Waals surface area contributed by atoms with Gasteiger partial charge in [0, 0.05) is 18.2 Å². The Morgan fingerprint density at radius 2 is 2.12 bits per heavy atom. The molecule has 2 fully saturated rings. The molecule has 2 saturated heterocycles. The van der Waals surface area contributed by atoms with E-state index in [1.54, 1.807) is 0 Å². The molecule has 15 heteroatoms. The second-order valence-electron chi connectivity index (χ2n) is 5.37. The van der Waals surface area contributed by atoms with E-state index < -0.39 is 51.9 Å². The molecule has 1 aromatic rings. The van der Waals surface area contributed by atoms with Gasteiger partial charge in [0.2, 0.25) is 0 Å². The van der Waals surface area contributed by atoms with Crippen molar-refractivity contribution in [2.45, 2.75) is 31.8 Å². The third-order valence-corrected chi connectivity index (χ3v) is 4.91. The van der Waals surface area contributed by atoms with Crippen LogP contribution in [0.3, 0.4) is 0 Å². The first-order chi connectivity index (χ1) is 11.6. The number of nitrogens with zero attached hydrogens (tertiary/aromatic N) is 1. The van der Waals surface area contributed by atoms with Gasteiger partial charge in [0.1, 0.15) is 18.4 Å². The first kappa shape index (κ1) is 18.6. The predicted molar refractivity (Wildman–Crippen MR) is 77.2 cm³/mol. The predicted octanol–water partition coefficient (Wildman–Crippen LogP) is -0.303. The number of ether oxygens (including phenoxy) is 1. The zero-order valence-corrected chi connectivity index (χ0v) is 14.4. The number of aromatic amines is 1. The molecule has 3 heterocycles. The fraction of sp³-hybridized carbons (Fsp3) is 0.600. The summed E-state index contributed by atoms with van der Waals surface area (Å²) in [6.07, 6.45) is -2.11. The molecule has 140 valence electrons. The summed E-state index contributed by atoms with van der Waals surface area (Å²) in [5, 5.41) is 0. The molecule has 3 atom stereocenters. The van der Waals surface area contributed by atoms with Crippen LogP contribution in [0.2, 0.25) is 0 Å². The van der Waals surface area contributed by atoms with Crippen LogP contribution in [-0.4, -0.2) is 38.2 Å². The first-order valence-electron chi connectivity index (χ1n) is 6.90. The number of phosphoric ester groups is 1. The molecule has 0 aromatic carbocycles. The van der Waals surface area contributed by atoms with Crippen molar-refractivity contribution in [2.24, 2.45) is 0 Å². The van der Waals surface area contributed by atoms with Gasteiger partial charge in [0.15, 0.2) is 0 Å². The van der Waals surface area contributed by atoms with Crippen LogP contribution >= 0.6 is 15.6 Å². The lowest BCUT2D eigenvalue weighted by molar-refractivity contribution is -0.0402. The standard InChI is InChI=1S/C10H14N2O11P2/c1-5-3-12(10(14)11-9(5)13)8-2-6(21-24(15,16)17)7(20-8)4-19-25(18)22-23-25/h3,6-8H,2,4H2,1H3,(H,11,13,14)(H2,15,16,17)/t6-,7+,8+/m0/s1. The van der Waals surface area contributed by atoms with E-state index >= 15 is 0 Å². The maximum atomic E-state index is 11.9. The van der Waals surface area contributed by atoms with Gasteiger partial charge in [0.05, 0.1) is 6.61 Å². The number of aryl methyl sites for hydroxylation is 1. The van der Waals surface area contributed by atoms with Gasteiger partial charge in [-0.15, -0.1) is 9.35 Å². The first-order valence-corrected chi connectivity index (χ1v) is 9.89. The summed E-state index contributed by atoms with van der Waals surface area (Å²) in [5.41, 5.74) is -1.10. The Kier molecular flexibility index (Phi) is 4.88. The van der Waals surface area contributed by atoms with Gasteiger partial charge >= 0.3 is 21.3 Å². The highest BCUT2D eigenvalue weighted by atomic mass is 31.2. The topological polar surface area (TPSA) is 182 Å². The Labute approximate surface area is 139 Å². The number of H-pyrrole nitrogens is 1. The second kappa shape index (κ2) is 6.54. The van der Waals surface area contributed by atoms with E-state index in [1.165, 1.54) is 13.1 Å². The Hall–Kier alpha value is -1.14. The number of hydrogen-bond donors (Lipinski definition) is 3. The second-order valence-corrected chi connectivity index (χ2v) is 8.01. The van der Waals surface area contributed by atoms with E-state index in [1.807, 2.05) is 0 Å². The van der Waals surface area contributed by atoms with E-state index in [2.05, 4.69) is 18.9 Å². The van der Waals surface area contributed by atoms with Crippen molar-refractivity contribution in [1.82, 2.24) is 9.55 Å². The molecule has 2 aliphatic heterocycles. The van der Waals surface area contributed by atoms with Crippen LogP contribution < -0.4 is 11.2 Å². The highest BCUT2D eigenvalue weighted by molar-refractivity contribution is 7.52. The fourth-order valence-corrected chi connectivity index (χ4v) is 3.55. The molecule has 3 rings (SSSR count). The lowest BCUT2D eigenvalue weighted by Crippen LogP contribution is -2.33. The molecule has 0 radical (unpaired) electrons. The lowest BCUT2D eigenvalue weighted by atomic mass is 10.2. The molecule has 1 aromatic heterocycles. The number of rotatable bonds is 6. The summed E-state index contributed by atoms with van der Waals surface area (Å²) in [4.78, 5) is 43.4. The molecule has 0 bridgehead atoms. The normalized spacial score (nSPS) is 28.2. The van der Waals surface area contributed by atoms with E-state index in [-0.39, 0.29) is 12.0 Å². The minimum atomic E-state index is -4.86. The highest BCUT2D eigenvalue weighted by Crippen LogP contribution is 2.65. The smallest absolute Gasteiger partial charge is 0.349 e. The average Bonchev–Trinajstić information content (AvgIpc) is 3.09. The third kappa shape index (κ3) is 4.53. The van der Waals surface area contributed by atoms with Crippen molar-refractivity contribution in [3.05, 3.63) is 32.6 Å². The summed E-state index contributed by atoms with van der Waals surface area (Å²) in [6, 6.07) is 0. The van der Waals surface area contributed by atoms with E-state index in [0.717, 1.165) is 4.57 Å². The molecular formula is C10H14N2O11P2. The maximum Gasteiger partial charge on any atom is 0.530 e. The van der Waals surface area contributed by atoms with Crippen molar-refractivity contribution in [1.29, 1.82) is 0 Å². The number of nitrogens with one attached hydrogen (secondary N) is 1. The quantitative estimate of drug-likeness (QED) is 0.324. The van der Waals surface area contributed by atoms with Crippen molar-refractivity contribution in [3.8, 4) is 0 Å². The zero-order valence-electron chi connectivity index (χ0n) is 12.6. The Morgan fingerprint density at radius 1 is 1.44 bits per heavy atom. The van der Waals surface area contributed by atoms with Crippen LogP contribution in [0.1, 0.15) is 18.2 Å². The zero-order chi connectivity index (χ0) is 18.4. The van der Waals surface area contributed by atoms with Crippen LogP contribution in [0.25, 0.3) is 0 Å². The Bertz CT molecular complexity index is 864.